The van der Waals surface area contributed by atoms with E-state index in [0.717, 1.165) is 0 Å². The molecule has 0 atom stereocenters. The molecule has 0 unspecified atom stereocenters. The second kappa shape index (κ2) is 6.86. The van der Waals surface area contributed by atoms with Gasteiger partial charge in [0.05, 0.1) is 5.56 Å². The molecule has 2 aromatic heterocycles. The molecular formula is C14H13N5O2. The molecule has 1 amide bonds. The van der Waals surface area contributed by atoms with Crippen molar-refractivity contribution in [2.45, 2.75) is 0 Å². The highest BCUT2D eigenvalue weighted by Gasteiger charge is 2.08. The lowest BCUT2D eigenvalue weighted by Crippen LogP contribution is -2.32. The first-order valence-corrected chi connectivity index (χ1v) is 6.27. The van der Waals surface area contributed by atoms with Crippen LogP contribution in [-0.4, -0.2) is 29.0 Å². The third-order valence-electron chi connectivity index (χ3n) is 2.69. The minimum Gasteiger partial charge on any atom is -0.367 e. The molecule has 0 spiro atoms. The van der Waals surface area contributed by atoms with Gasteiger partial charge in [-0.25, -0.2) is 4.98 Å². The standard InChI is InChI=1S/C14H13N5O2/c15-9-10-3-1-5-16-12(10)17-7-8-19-14(21)11-4-2-6-18-13(11)20/h1-6H,7-8H2,(H,16,17)(H,18,20)(H,19,21). The van der Waals surface area contributed by atoms with E-state index >= 15 is 0 Å². The Balaban J connectivity index is 1.86. The first kappa shape index (κ1) is 14.3. The highest BCUT2D eigenvalue weighted by molar-refractivity contribution is 5.93. The molecule has 0 fully saturated rings. The maximum atomic E-state index is 11.8. The zero-order valence-corrected chi connectivity index (χ0v) is 11.1. The number of hydrogen-bond donors (Lipinski definition) is 3. The van der Waals surface area contributed by atoms with E-state index in [1.807, 2.05) is 6.07 Å². The van der Waals surface area contributed by atoms with Crippen LogP contribution in [0.25, 0.3) is 0 Å². The number of amides is 1. The van der Waals surface area contributed by atoms with Gasteiger partial charge >= 0.3 is 0 Å². The fraction of sp³-hybridized carbons (Fsp3) is 0.143. The smallest absolute Gasteiger partial charge is 0.260 e. The Hall–Kier alpha value is -3.14. The van der Waals surface area contributed by atoms with Crippen molar-refractivity contribution < 1.29 is 4.79 Å². The third-order valence-corrected chi connectivity index (χ3v) is 2.69. The summed E-state index contributed by atoms with van der Waals surface area (Å²) in [6, 6.07) is 8.38. The molecule has 0 aromatic carbocycles. The Bertz CT molecular complexity index is 732. The van der Waals surface area contributed by atoms with E-state index in [1.54, 1.807) is 24.4 Å². The molecule has 7 nitrogen and oxygen atoms in total. The normalized spacial score (nSPS) is 9.67. The van der Waals surface area contributed by atoms with E-state index in [9.17, 15) is 9.59 Å². The maximum absolute atomic E-state index is 11.8. The van der Waals surface area contributed by atoms with E-state index in [-0.39, 0.29) is 5.56 Å². The molecule has 0 aliphatic rings. The topological polar surface area (TPSA) is 111 Å². The number of hydrogen-bond acceptors (Lipinski definition) is 5. The van der Waals surface area contributed by atoms with Gasteiger partial charge in [0.2, 0.25) is 0 Å². The van der Waals surface area contributed by atoms with Gasteiger partial charge in [0.15, 0.2) is 0 Å². The number of pyridine rings is 2. The lowest BCUT2D eigenvalue weighted by atomic mass is 10.2. The SMILES string of the molecule is N#Cc1cccnc1NCCNC(=O)c1ccc[nH]c1=O. The van der Waals surface area contributed by atoms with E-state index in [1.165, 1.54) is 12.3 Å². The monoisotopic (exact) mass is 283 g/mol. The van der Waals surface area contributed by atoms with Crippen LogP contribution in [0.15, 0.2) is 41.5 Å². The van der Waals surface area contributed by atoms with Crippen LogP contribution in [0.5, 0.6) is 0 Å². The molecule has 3 N–H and O–H groups in total. The van der Waals surface area contributed by atoms with Crippen LogP contribution < -0.4 is 16.2 Å². The predicted octanol–water partition coefficient (Wildman–Crippen LogP) is 0.483. The molecule has 0 saturated carbocycles. The van der Waals surface area contributed by atoms with Crippen LogP contribution in [0.3, 0.4) is 0 Å². The fourth-order valence-electron chi connectivity index (χ4n) is 1.69. The summed E-state index contributed by atoms with van der Waals surface area (Å²) in [6.45, 7) is 0.691. The van der Waals surface area contributed by atoms with E-state index in [2.05, 4.69) is 20.6 Å². The third kappa shape index (κ3) is 3.67. The summed E-state index contributed by atoms with van der Waals surface area (Å²) in [6.07, 6.45) is 3.04. The Kier molecular flexibility index (Phi) is 4.66. The number of H-pyrrole nitrogens is 1. The first-order chi connectivity index (χ1) is 10.2. The molecular weight excluding hydrogens is 270 g/mol. The van der Waals surface area contributed by atoms with E-state index in [4.69, 9.17) is 5.26 Å². The lowest BCUT2D eigenvalue weighted by Gasteiger charge is -2.08. The van der Waals surface area contributed by atoms with Gasteiger partial charge in [0.25, 0.3) is 11.5 Å². The van der Waals surface area contributed by atoms with Crippen molar-refractivity contribution in [2.24, 2.45) is 0 Å². The number of aromatic nitrogens is 2. The van der Waals surface area contributed by atoms with Crippen LogP contribution >= 0.6 is 0 Å². The molecule has 106 valence electrons. The van der Waals surface area contributed by atoms with Crippen molar-refractivity contribution in [3.8, 4) is 6.07 Å². The second-order valence-electron chi connectivity index (χ2n) is 4.11. The van der Waals surface area contributed by atoms with E-state index in [0.29, 0.717) is 24.5 Å². The molecule has 0 aliphatic heterocycles. The Morgan fingerprint density at radius 2 is 2.19 bits per heavy atom. The Morgan fingerprint density at radius 3 is 2.95 bits per heavy atom. The number of nitrogens with one attached hydrogen (secondary N) is 3. The molecule has 0 aliphatic carbocycles. The second-order valence-corrected chi connectivity index (χ2v) is 4.11. The number of carbonyl (C=O) groups is 1. The van der Waals surface area contributed by atoms with Gasteiger partial charge in [-0.1, -0.05) is 0 Å². The molecule has 21 heavy (non-hydrogen) atoms. The number of aromatic amines is 1. The summed E-state index contributed by atoms with van der Waals surface area (Å²) < 4.78 is 0. The van der Waals surface area contributed by atoms with Crippen molar-refractivity contribution in [3.63, 3.8) is 0 Å². The van der Waals surface area contributed by atoms with Crippen molar-refractivity contribution in [2.75, 3.05) is 18.4 Å². The van der Waals surface area contributed by atoms with Gasteiger partial charge in [-0.15, -0.1) is 0 Å². The molecule has 2 aromatic rings. The van der Waals surface area contributed by atoms with Gasteiger partial charge in [0.1, 0.15) is 17.5 Å². The van der Waals surface area contributed by atoms with Crippen molar-refractivity contribution in [1.82, 2.24) is 15.3 Å². The highest BCUT2D eigenvalue weighted by atomic mass is 16.2. The van der Waals surface area contributed by atoms with E-state index < -0.39 is 11.5 Å². The average molecular weight is 283 g/mol. The van der Waals surface area contributed by atoms with Gasteiger partial charge in [0, 0.05) is 25.5 Å². The molecule has 2 heterocycles. The highest BCUT2D eigenvalue weighted by Crippen LogP contribution is 2.08. The molecule has 0 radical (unpaired) electrons. The summed E-state index contributed by atoms with van der Waals surface area (Å²) in [4.78, 5) is 29.7. The van der Waals surface area contributed by atoms with Gasteiger partial charge < -0.3 is 15.6 Å². The molecule has 7 heteroatoms. The summed E-state index contributed by atoms with van der Waals surface area (Å²) in [7, 11) is 0. The largest absolute Gasteiger partial charge is 0.367 e. The quantitative estimate of drug-likeness (QED) is 0.691. The van der Waals surface area contributed by atoms with Crippen molar-refractivity contribution in [1.29, 1.82) is 5.26 Å². The summed E-state index contributed by atoms with van der Waals surface area (Å²) in [5, 5.41) is 14.5. The van der Waals surface area contributed by atoms with Crippen LogP contribution in [0, 0.1) is 11.3 Å². The number of anilines is 1. The van der Waals surface area contributed by atoms with Gasteiger partial charge in [-0.2, -0.15) is 5.26 Å². The summed E-state index contributed by atoms with van der Waals surface area (Å²) >= 11 is 0. The summed E-state index contributed by atoms with van der Waals surface area (Å²) in [5.74, 6) is 0.0204. The number of carbonyl (C=O) groups excluding carboxylic acids is 1. The van der Waals surface area contributed by atoms with Gasteiger partial charge in [-0.3, -0.25) is 9.59 Å². The first-order valence-electron chi connectivity index (χ1n) is 6.27. The maximum Gasteiger partial charge on any atom is 0.260 e. The van der Waals surface area contributed by atoms with Crippen LogP contribution in [-0.2, 0) is 0 Å². The fourth-order valence-corrected chi connectivity index (χ4v) is 1.69. The van der Waals surface area contributed by atoms with Gasteiger partial charge in [-0.05, 0) is 24.3 Å². The Labute approximate surface area is 120 Å². The lowest BCUT2D eigenvalue weighted by molar-refractivity contribution is 0.0953. The molecule has 2 rings (SSSR count). The van der Waals surface area contributed by atoms with Crippen molar-refractivity contribution >= 4 is 11.7 Å². The predicted molar refractivity (Wildman–Crippen MR) is 76.8 cm³/mol. The molecule has 0 saturated heterocycles. The zero-order valence-electron chi connectivity index (χ0n) is 11.1. The number of nitriles is 1. The summed E-state index contributed by atoms with van der Waals surface area (Å²) in [5.41, 5.74) is 0.0656. The zero-order chi connectivity index (χ0) is 15.1. The van der Waals surface area contributed by atoms with Crippen LogP contribution in [0.4, 0.5) is 5.82 Å². The number of nitrogens with zero attached hydrogens (tertiary/aromatic N) is 2. The molecule has 0 bridgehead atoms. The average Bonchev–Trinajstić information content (AvgIpc) is 2.52. The Morgan fingerprint density at radius 1 is 1.33 bits per heavy atom. The van der Waals surface area contributed by atoms with Crippen LogP contribution in [0.1, 0.15) is 15.9 Å². The van der Waals surface area contributed by atoms with Crippen molar-refractivity contribution in [3.05, 3.63) is 58.1 Å². The number of rotatable bonds is 5. The van der Waals surface area contributed by atoms with Crippen LogP contribution in [0.2, 0.25) is 0 Å². The minimum absolute atomic E-state index is 0.0630. The minimum atomic E-state index is -0.444.